The van der Waals surface area contributed by atoms with Gasteiger partial charge in [-0.05, 0) is 26.0 Å². The Labute approximate surface area is 60.7 Å². The summed E-state index contributed by atoms with van der Waals surface area (Å²) >= 11 is 0. The highest BCUT2D eigenvalue weighted by Crippen LogP contribution is 2.02. The lowest BCUT2D eigenvalue weighted by Crippen LogP contribution is -1.91. The highest BCUT2D eigenvalue weighted by atomic mass is 16.1. The zero-order valence-electron chi connectivity index (χ0n) is 6.14. The average molecular weight is 133 g/mol. The van der Waals surface area contributed by atoms with E-state index in [1.165, 1.54) is 0 Å². The van der Waals surface area contributed by atoms with Gasteiger partial charge in [0.25, 0.3) is 0 Å². The summed E-state index contributed by atoms with van der Waals surface area (Å²) in [6.07, 6.45) is 0. The molecule has 1 aromatic carbocycles. The smallest absolute Gasteiger partial charge is 0.160 e. The van der Waals surface area contributed by atoms with E-state index in [0.29, 0.717) is 5.56 Å². The molecule has 0 saturated heterocycles. The molecule has 1 aromatic rings. The highest BCUT2D eigenvalue weighted by Gasteiger charge is 1.96. The van der Waals surface area contributed by atoms with Crippen molar-refractivity contribution in [2.24, 2.45) is 0 Å². The minimum Gasteiger partial charge on any atom is -0.294 e. The van der Waals surface area contributed by atoms with Crippen molar-refractivity contribution in [3.8, 4) is 0 Å². The lowest BCUT2D eigenvalue weighted by Gasteiger charge is -1.94. The Bertz CT molecular complexity index is 251. The SMILES string of the molecule is CC(=O)c1[c]ccc(C)c1. The van der Waals surface area contributed by atoms with Gasteiger partial charge in [-0.3, -0.25) is 4.79 Å². The number of aryl methyl sites for hydroxylation is 1. The molecule has 0 atom stereocenters. The molecule has 0 heterocycles. The van der Waals surface area contributed by atoms with E-state index in [9.17, 15) is 4.79 Å². The fraction of sp³-hybridized carbons (Fsp3) is 0.222. The molecule has 1 nitrogen and oxygen atoms in total. The quantitative estimate of drug-likeness (QED) is 0.535. The van der Waals surface area contributed by atoms with Crippen LogP contribution in [0.25, 0.3) is 0 Å². The van der Waals surface area contributed by atoms with Crippen molar-refractivity contribution >= 4 is 5.78 Å². The Morgan fingerprint density at radius 3 is 2.70 bits per heavy atom. The third kappa shape index (κ3) is 1.44. The number of rotatable bonds is 1. The van der Waals surface area contributed by atoms with E-state index in [0.717, 1.165) is 5.56 Å². The van der Waals surface area contributed by atoms with Crippen LogP contribution in [-0.4, -0.2) is 5.78 Å². The van der Waals surface area contributed by atoms with Crippen LogP contribution in [0.3, 0.4) is 0 Å². The summed E-state index contributed by atoms with van der Waals surface area (Å²) < 4.78 is 0. The number of ketones is 1. The summed E-state index contributed by atoms with van der Waals surface area (Å²) in [6.45, 7) is 3.51. The fourth-order valence-electron chi connectivity index (χ4n) is 0.784. The molecule has 0 aliphatic carbocycles. The van der Waals surface area contributed by atoms with Crippen LogP contribution in [0.5, 0.6) is 0 Å². The second-order valence-corrected chi connectivity index (χ2v) is 2.34. The first kappa shape index (κ1) is 7.00. The van der Waals surface area contributed by atoms with E-state index in [-0.39, 0.29) is 5.78 Å². The van der Waals surface area contributed by atoms with Crippen molar-refractivity contribution in [1.29, 1.82) is 0 Å². The Morgan fingerprint density at radius 1 is 1.60 bits per heavy atom. The lowest BCUT2D eigenvalue weighted by molar-refractivity contribution is 0.101. The zero-order valence-corrected chi connectivity index (χ0v) is 6.14. The predicted octanol–water partition coefficient (Wildman–Crippen LogP) is 2.00. The molecule has 10 heavy (non-hydrogen) atoms. The molecule has 0 aliphatic rings. The van der Waals surface area contributed by atoms with Gasteiger partial charge < -0.3 is 0 Å². The molecule has 1 radical (unpaired) electrons. The van der Waals surface area contributed by atoms with E-state index in [4.69, 9.17) is 0 Å². The third-order valence-corrected chi connectivity index (χ3v) is 1.34. The van der Waals surface area contributed by atoms with Gasteiger partial charge in [-0.1, -0.05) is 17.7 Å². The normalized spacial score (nSPS) is 9.40. The maximum absolute atomic E-state index is 10.8. The molecule has 1 rings (SSSR count). The number of carbonyl (C=O) groups excluding carboxylic acids is 1. The maximum Gasteiger partial charge on any atom is 0.160 e. The van der Waals surface area contributed by atoms with Crippen LogP contribution < -0.4 is 0 Å². The average Bonchev–Trinajstić information content (AvgIpc) is 1.88. The molecule has 0 aromatic heterocycles. The van der Waals surface area contributed by atoms with Crippen LogP contribution in [0.2, 0.25) is 0 Å². The van der Waals surface area contributed by atoms with Crippen molar-refractivity contribution in [3.05, 3.63) is 35.4 Å². The van der Waals surface area contributed by atoms with E-state index in [2.05, 4.69) is 6.07 Å². The summed E-state index contributed by atoms with van der Waals surface area (Å²) in [5, 5.41) is 0. The van der Waals surface area contributed by atoms with Crippen LogP contribution in [0.15, 0.2) is 18.2 Å². The molecule has 1 heteroatoms. The summed E-state index contributed by atoms with van der Waals surface area (Å²) in [5.41, 5.74) is 1.77. The number of carbonyl (C=O) groups is 1. The second-order valence-electron chi connectivity index (χ2n) is 2.34. The number of hydrogen-bond acceptors (Lipinski definition) is 1. The summed E-state index contributed by atoms with van der Waals surface area (Å²) in [4.78, 5) is 10.8. The van der Waals surface area contributed by atoms with Crippen molar-refractivity contribution < 1.29 is 4.79 Å². The molecular formula is C9H9O. The van der Waals surface area contributed by atoms with Crippen molar-refractivity contribution in [1.82, 2.24) is 0 Å². The second kappa shape index (κ2) is 2.65. The van der Waals surface area contributed by atoms with Crippen LogP contribution in [0, 0.1) is 13.0 Å². The molecule has 0 unspecified atom stereocenters. The van der Waals surface area contributed by atoms with E-state index >= 15 is 0 Å². The van der Waals surface area contributed by atoms with E-state index in [1.54, 1.807) is 13.0 Å². The van der Waals surface area contributed by atoms with Crippen LogP contribution >= 0.6 is 0 Å². The Morgan fingerprint density at radius 2 is 2.30 bits per heavy atom. The Balaban J connectivity index is 3.07. The predicted molar refractivity (Wildman–Crippen MR) is 40.0 cm³/mol. The molecule has 0 aliphatic heterocycles. The molecule has 0 bridgehead atoms. The highest BCUT2D eigenvalue weighted by molar-refractivity contribution is 5.93. The monoisotopic (exact) mass is 133 g/mol. The fourth-order valence-corrected chi connectivity index (χ4v) is 0.784. The number of benzene rings is 1. The zero-order chi connectivity index (χ0) is 7.56. The molecular weight excluding hydrogens is 124 g/mol. The van der Waals surface area contributed by atoms with Gasteiger partial charge in [0, 0.05) is 5.56 Å². The van der Waals surface area contributed by atoms with Gasteiger partial charge in [-0.25, -0.2) is 0 Å². The molecule has 0 amide bonds. The van der Waals surface area contributed by atoms with Gasteiger partial charge in [0.2, 0.25) is 0 Å². The largest absolute Gasteiger partial charge is 0.294 e. The maximum atomic E-state index is 10.8. The number of Topliss-reactive ketones (excluding diaryl/α,β-unsaturated/α-hetero) is 1. The van der Waals surface area contributed by atoms with Gasteiger partial charge in [0.1, 0.15) is 0 Å². The standard InChI is InChI=1S/C9H9O/c1-7-4-3-5-9(6-7)8(2)10/h3-4,6H,1-2H3. The summed E-state index contributed by atoms with van der Waals surface area (Å²) in [5.74, 6) is 0.0729. The van der Waals surface area contributed by atoms with Crippen molar-refractivity contribution in [2.45, 2.75) is 13.8 Å². The minimum atomic E-state index is 0.0729. The van der Waals surface area contributed by atoms with Gasteiger partial charge in [-0.15, -0.1) is 0 Å². The van der Waals surface area contributed by atoms with Gasteiger partial charge in [0.15, 0.2) is 5.78 Å². The van der Waals surface area contributed by atoms with Crippen LogP contribution in [0.4, 0.5) is 0 Å². The number of hydrogen-bond donors (Lipinski definition) is 0. The first-order valence-electron chi connectivity index (χ1n) is 3.19. The molecule has 0 N–H and O–H groups in total. The van der Waals surface area contributed by atoms with Crippen LogP contribution in [-0.2, 0) is 0 Å². The molecule has 0 spiro atoms. The van der Waals surface area contributed by atoms with Gasteiger partial charge in [0.05, 0.1) is 0 Å². The third-order valence-electron chi connectivity index (χ3n) is 1.34. The van der Waals surface area contributed by atoms with Gasteiger partial charge >= 0.3 is 0 Å². The molecule has 0 fully saturated rings. The first-order valence-corrected chi connectivity index (χ1v) is 3.19. The topological polar surface area (TPSA) is 17.1 Å². The lowest BCUT2D eigenvalue weighted by atomic mass is 10.1. The molecule has 51 valence electrons. The Hall–Kier alpha value is -1.11. The minimum absolute atomic E-state index is 0.0729. The molecule has 0 saturated carbocycles. The Kier molecular flexibility index (Phi) is 1.86. The van der Waals surface area contributed by atoms with Crippen molar-refractivity contribution in [2.75, 3.05) is 0 Å². The van der Waals surface area contributed by atoms with Crippen LogP contribution in [0.1, 0.15) is 22.8 Å². The van der Waals surface area contributed by atoms with Crippen molar-refractivity contribution in [3.63, 3.8) is 0 Å². The first-order chi connectivity index (χ1) is 4.70. The summed E-state index contributed by atoms with van der Waals surface area (Å²) in [7, 11) is 0. The summed E-state index contributed by atoms with van der Waals surface area (Å²) in [6, 6.07) is 8.39. The van der Waals surface area contributed by atoms with E-state index in [1.807, 2.05) is 19.1 Å². The van der Waals surface area contributed by atoms with E-state index < -0.39 is 0 Å². The van der Waals surface area contributed by atoms with Gasteiger partial charge in [-0.2, -0.15) is 0 Å².